The van der Waals surface area contributed by atoms with Gasteiger partial charge in [0.2, 0.25) is 5.91 Å². The first-order valence-corrected chi connectivity index (χ1v) is 10.4. The maximum Gasteiger partial charge on any atom is 0.306 e. The van der Waals surface area contributed by atoms with E-state index >= 15 is 0 Å². The maximum atomic E-state index is 12.0. The minimum Gasteiger partial charge on any atom is -0.493 e. The minimum absolute atomic E-state index is 0.00508. The predicted molar refractivity (Wildman–Crippen MR) is 121 cm³/mol. The van der Waals surface area contributed by atoms with Crippen molar-refractivity contribution in [1.29, 1.82) is 0 Å². The highest BCUT2D eigenvalue weighted by molar-refractivity contribution is 7.80. The normalized spacial score (nSPS) is 10.4. The van der Waals surface area contributed by atoms with E-state index < -0.39 is 5.97 Å². The Balaban J connectivity index is 1.63. The van der Waals surface area contributed by atoms with E-state index in [1.54, 1.807) is 0 Å². The highest BCUT2D eigenvalue weighted by atomic mass is 32.1. The highest BCUT2D eigenvalue weighted by Gasteiger charge is 2.10. The summed E-state index contributed by atoms with van der Waals surface area (Å²) < 4.78 is 10.8. The van der Waals surface area contributed by atoms with Crippen LogP contribution in [0.1, 0.15) is 32.3 Å². The molecule has 30 heavy (non-hydrogen) atoms. The highest BCUT2D eigenvalue weighted by Crippen LogP contribution is 2.16. The van der Waals surface area contributed by atoms with Crippen LogP contribution in [-0.2, 0) is 20.7 Å². The van der Waals surface area contributed by atoms with E-state index in [9.17, 15) is 9.59 Å². The molecule has 0 fully saturated rings. The first kappa shape index (κ1) is 23.3. The number of anilines is 1. The molecule has 0 aromatic heterocycles. The number of ether oxygens (including phenoxy) is 2. The number of amides is 1. The second-order valence-corrected chi connectivity index (χ2v) is 7.60. The van der Waals surface area contributed by atoms with E-state index in [1.165, 1.54) is 0 Å². The van der Waals surface area contributed by atoms with Crippen molar-refractivity contribution in [2.45, 2.75) is 33.1 Å². The number of hydrogen-bond acceptors (Lipinski definition) is 5. The van der Waals surface area contributed by atoms with Crippen LogP contribution < -0.4 is 15.4 Å². The molecular weight excluding hydrogens is 400 g/mol. The van der Waals surface area contributed by atoms with Crippen molar-refractivity contribution in [2.24, 2.45) is 5.92 Å². The first-order chi connectivity index (χ1) is 14.4. The summed E-state index contributed by atoms with van der Waals surface area (Å²) in [6, 6.07) is 17.1. The summed E-state index contributed by atoms with van der Waals surface area (Å²) in [6.45, 7) is 5.11. The van der Waals surface area contributed by atoms with Crippen molar-refractivity contribution in [3.63, 3.8) is 0 Å². The maximum absolute atomic E-state index is 12.0. The van der Waals surface area contributed by atoms with Gasteiger partial charge in [-0.1, -0.05) is 44.2 Å². The number of thiocarbonyl (C=S) groups is 1. The van der Waals surface area contributed by atoms with E-state index in [2.05, 4.69) is 24.5 Å². The number of hydrogen-bond donors (Lipinski definition) is 2. The standard InChI is InChI=1S/C23H28N2O4S/c1-17(2)16-29-20-10-8-19(9-11-20)24-23(30)25-21(26)12-13-22(27)28-15-14-18-6-4-3-5-7-18/h3-11,17H,12-16H2,1-2H3,(H2,24,25,26,30). The van der Waals surface area contributed by atoms with Crippen LogP contribution in [0, 0.1) is 5.92 Å². The van der Waals surface area contributed by atoms with Gasteiger partial charge in [0.1, 0.15) is 5.75 Å². The van der Waals surface area contributed by atoms with Gasteiger partial charge in [-0.3, -0.25) is 9.59 Å². The van der Waals surface area contributed by atoms with Crippen LogP contribution in [0.25, 0.3) is 0 Å². The molecule has 2 N–H and O–H groups in total. The fourth-order valence-corrected chi connectivity index (χ4v) is 2.70. The average Bonchev–Trinajstić information content (AvgIpc) is 2.72. The Morgan fingerprint density at radius 1 is 1.00 bits per heavy atom. The van der Waals surface area contributed by atoms with E-state index in [0.29, 0.717) is 25.6 Å². The molecule has 0 radical (unpaired) electrons. The van der Waals surface area contributed by atoms with Crippen molar-refractivity contribution >= 4 is 34.9 Å². The topological polar surface area (TPSA) is 76.7 Å². The third-order valence-corrected chi connectivity index (χ3v) is 4.21. The van der Waals surface area contributed by atoms with E-state index in [0.717, 1.165) is 17.0 Å². The van der Waals surface area contributed by atoms with Crippen LogP contribution in [0.4, 0.5) is 5.69 Å². The van der Waals surface area contributed by atoms with Gasteiger partial charge >= 0.3 is 5.97 Å². The Kier molecular flexibility index (Phi) is 9.80. The molecule has 2 aromatic carbocycles. The quantitative estimate of drug-likeness (QED) is 0.438. The van der Waals surface area contributed by atoms with Crippen molar-refractivity contribution in [2.75, 3.05) is 18.5 Å². The van der Waals surface area contributed by atoms with Gasteiger partial charge in [-0.05, 0) is 48.0 Å². The van der Waals surface area contributed by atoms with Crippen LogP contribution in [0.2, 0.25) is 0 Å². The molecule has 0 atom stereocenters. The molecule has 0 aliphatic rings. The van der Waals surface area contributed by atoms with E-state index in [-0.39, 0.29) is 23.9 Å². The van der Waals surface area contributed by atoms with Crippen LogP contribution in [-0.4, -0.2) is 30.2 Å². The van der Waals surface area contributed by atoms with Gasteiger partial charge in [-0.2, -0.15) is 0 Å². The number of nitrogens with one attached hydrogen (secondary N) is 2. The van der Waals surface area contributed by atoms with Crippen LogP contribution in [0.15, 0.2) is 54.6 Å². The molecule has 0 saturated heterocycles. The van der Waals surface area contributed by atoms with Crippen molar-refractivity contribution < 1.29 is 19.1 Å². The Hall–Kier alpha value is -2.93. The number of carbonyl (C=O) groups is 2. The Labute approximate surface area is 183 Å². The summed E-state index contributed by atoms with van der Waals surface area (Å²) in [5.41, 5.74) is 1.83. The Morgan fingerprint density at radius 3 is 2.37 bits per heavy atom. The second-order valence-electron chi connectivity index (χ2n) is 7.19. The lowest BCUT2D eigenvalue weighted by atomic mass is 10.2. The van der Waals surface area contributed by atoms with Crippen molar-refractivity contribution in [3.8, 4) is 5.75 Å². The fraction of sp³-hybridized carbons (Fsp3) is 0.348. The molecular formula is C23H28N2O4S. The molecule has 0 spiro atoms. The Morgan fingerprint density at radius 2 is 1.70 bits per heavy atom. The fourth-order valence-electron chi connectivity index (χ4n) is 2.46. The third-order valence-electron chi connectivity index (χ3n) is 4.00. The molecule has 0 bridgehead atoms. The molecule has 1 amide bonds. The summed E-state index contributed by atoms with van der Waals surface area (Å²) >= 11 is 5.14. The molecule has 0 unspecified atom stereocenters. The average molecular weight is 429 g/mol. The molecule has 160 valence electrons. The predicted octanol–water partition coefficient (Wildman–Crippen LogP) is 4.10. The van der Waals surface area contributed by atoms with Crippen LogP contribution in [0.5, 0.6) is 5.75 Å². The molecule has 0 aliphatic heterocycles. The molecule has 6 nitrogen and oxygen atoms in total. The van der Waals surface area contributed by atoms with Crippen molar-refractivity contribution in [1.82, 2.24) is 5.32 Å². The van der Waals surface area contributed by atoms with Crippen molar-refractivity contribution in [3.05, 3.63) is 60.2 Å². The lowest BCUT2D eigenvalue weighted by molar-refractivity contribution is -0.144. The van der Waals surface area contributed by atoms with Crippen LogP contribution >= 0.6 is 12.2 Å². The van der Waals surface area contributed by atoms with Gasteiger partial charge in [0.25, 0.3) is 0 Å². The number of benzene rings is 2. The lowest BCUT2D eigenvalue weighted by Gasteiger charge is -2.11. The minimum atomic E-state index is -0.406. The van der Waals surface area contributed by atoms with Gasteiger partial charge in [0, 0.05) is 18.5 Å². The summed E-state index contributed by atoms with van der Waals surface area (Å²) in [7, 11) is 0. The zero-order chi connectivity index (χ0) is 21.8. The summed E-state index contributed by atoms with van der Waals surface area (Å²) in [5.74, 6) is 0.475. The number of esters is 1. The molecule has 2 aromatic rings. The lowest BCUT2D eigenvalue weighted by Crippen LogP contribution is -2.34. The van der Waals surface area contributed by atoms with E-state index in [1.807, 2.05) is 54.6 Å². The molecule has 2 rings (SSSR count). The van der Waals surface area contributed by atoms with Gasteiger partial charge in [0.15, 0.2) is 5.11 Å². The Bertz CT molecular complexity index is 823. The summed E-state index contributed by atoms with van der Waals surface area (Å²) in [4.78, 5) is 23.8. The molecule has 0 heterocycles. The van der Waals surface area contributed by atoms with Gasteiger partial charge < -0.3 is 20.1 Å². The molecule has 7 heteroatoms. The van der Waals surface area contributed by atoms with Gasteiger partial charge in [-0.25, -0.2) is 0 Å². The SMILES string of the molecule is CC(C)COc1ccc(NC(=S)NC(=O)CCC(=O)OCCc2ccccc2)cc1. The second kappa shape index (κ2) is 12.6. The van der Waals surface area contributed by atoms with Gasteiger partial charge in [0.05, 0.1) is 19.6 Å². The zero-order valence-electron chi connectivity index (χ0n) is 17.4. The number of rotatable bonds is 10. The van der Waals surface area contributed by atoms with Crippen LogP contribution in [0.3, 0.4) is 0 Å². The van der Waals surface area contributed by atoms with Gasteiger partial charge in [-0.15, -0.1) is 0 Å². The van der Waals surface area contributed by atoms with E-state index in [4.69, 9.17) is 21.7 Å². The zero-order valence-corrected chi connectivity index (χ0v) is 18.2. The molecule has 0 aliphatic carbocycles. The third kappa shape index (κ3) is 9.52. The molecule has 0 saturated carbocycles. The summed E-state index contributed by atoms with van der Waals surface area (Å²) in [6.07, 6.45) is 0.660. The summed E-state index contributed by atoms with van der Waals surface area (Å²) in [5, 5.41) is 5.67. The largest absolute Gasteiger partial charge is 0.493 e. The smallest absolute Gasteiger partial charge is 0.306 e. The number of carbonyl (C=O) groups excluding carboxylic acids is 2. The monoisotopic (exact) mass is 428 g/mol. The first-order valence-electron chi connectivity index (χ1n) is 9.95.